The summed E-state index contributed by atoms with van der Waals surface area (Å²) in [6, 6.07) is 2.93. The number of rotatable bonds is 5. The average Bonchev–Trinajstić information content (AvgIpc) is 2.75. The first-order valence-electron chi connectivity index (χ1n) is 6.12. The van der Waals surface area contributed by atoms with Crippen LogP contribution in [0.1, 0.15) is 38.4 Å². The molecule has 2 rings (SSSR count). The van der Waals surface area contributed by atoms with Crippen LogP contribution in [-0.4, -0.2) is 20.2 Å². The van der Waals surface area contributed by atoms with Gasteiger partial charge in [0.25, 0.3) is 0 Å². The standard InChI is InChI=1S/C13H18N2O2/c1-2-3-4-5-6-11-14-12-9(16)7-8-10(17)13(12)15-11/h7-8,16-17H,2-6H2,1H3,(H,14,15). The maximum absolute atomic E-state index is 9.64. The van der Waals surface area contributed by atoms with Gasteiger partial charge in [0.2, 0.25) is 0 Å². The Labute approximate surface area is 100 Å². The second kappa shape index (κ2) is 5.08. The van der Waals surface area contributed by atoms with Gasteiger partial charge in [-0.25, -0.2) is 4.98 Å². The number of nitrogens with one attached hydrogen (secondary N) is 1. The number of imidazole rings is 1. The summed E-state index contributed by atoms with van der Waals surface area (Å²) < 4.78 is 0. The van der Waals surface area contributed by atoms with Gasteiger partial charge in [-0.2, -0.15) is 0 Å². The molecule has 92 valence electrons. The first kappa shape index (κ1) is 11.8. The van der Waals surface area contributed by atoms with Crippen molar-refractivity contribution in [1.29, 1.82) is 0 Å². The number of aromatic hydroxyl groups is 2. The van der Waals surface area contributed by atoms with Gasteiger partial charge in [0, 0.05) is 6.42 Å². The lowest BCUT2D eigenvalue weighted by Gasteiger charge is -1.96. The minimum atomic E-state index is 0.105. The molecule has 0 saturated heterocycles. The van der Waals surface area contributed by atoms with Crippen molar-refractivity contribution in [2.75, 3.05) is 0 Å². The topological polar surface area (TPSA) is 69.1 Å². The SMILES string of the molecule is CCCCCCc1nc2c(O)ccc(O)c2[nH]1. The van der Waals surface area contributed by atoms with E-state index in [-0.39, 0.29) is 11.5 Å². The van der Waals surface area contributed by atoms with Gasteiger partial charge in [0.05, 0.1) is 0 Å². The highest BCUT2D eigenvalue weighted by Gasteiger charge is 2.10. The molecule has 17 heavy (non-hydrogen) atoms. The zero-order valence-electron chi connectivity index (χ0n) is 10.0. The number of aromatic nitrogens is 2. The highest BCUT2D eigenvalue weighted by molar-refractivity contribution is 5.86. The molecule has 0 amide bonds. The lowest BCUT2D eigenvalue weighted by Crippen LogP contribution is -1.88. The Morgan fingerprint density at radius 1 is 1.12 bits per heavy atom. The van der Waals surface area contributed by atoms with E-state index in [0.29, 0.717) is 11.0 Å². The van der Waals surface area contributed by atoms with E-state index in [1.165, 1.54) is 31.4 Å². The minimum absolute atomic E-state index is 0.105. The van der Waals surface area contributed by atoms with E-state index in [9.17, 15) is 10.2 Å². The molecule has 3 N–H and O–H groups in total. The Balaban J connectivity index is 2.14. The second-order valence-corrected chi connectivity index (χ2v) is 4.32. The molecule has 1 aromatic carbocycles. The lowest BCUT2D eigenvalue weighted by molar-refractivity contribution is 0.468. The van der Waals surface area contributed by atoms with Crippen molar-refractivity contribution in [3.8, 4) is 11.5 Å². The van der Waals surface area contributed by atoms with Crippen LogP contribution in [0.25, 0.3) is 11.0 Å². The molecular formula is C13H18N2O2. The van der Waals surface area contributed by atoms with Crippen LogP contribution >= 0.6 is 0 Å². The lowest BCUT2D eigenvalue weighted by atomic mass is 10.1. The van der Waals surface area contributed by atoms with Crippen LogP contribution in [0.2, 0.25) is 0 Å². The molecule has 0 radical (unpaired) electrons. The molecule has 0 atom stereocenters. The van der Waals surface area contributed by atoms with Crippen LogP contribution in [0.15, 0.2) is 12.1 Å². The van der Waals surface area contributed by atoms with Gasteiger partial charge in [0.15, 0.2) is 0 Å². The summed E-state index contributed by atoms with van der Waals surface area (Å²) in [5.74, 6) is 1.06. The van der Waals surface area contributed by atoms with E-state index in [1.807, 2.05) is 0 Å². The van der Waals surface area contributed by atoms with Crippen LogP contribution in [0.3, 0.4) is 0 Å². The highest BCUT2D eigenvalue weighted by Crippen LogP contribution is 2.29. The predicted molar refractivity (Wildman–Crippen MR) is 67.3 cm³/mol. The third-order valence-electron chi connectivity index (χ3n) is 2.92. The van der Waals surface area contributed by atoms with Crippen LogP contribution < -0.4 is 0 Å². The molecule has 1 heterocycles. The van der Waals surface area contributed by atoms with Crippen molar-refractivity contribution < 1.29 is 10.2 Å². The number of aromatic amines is 1. The summed E-state index contributed by atoms with van der Waals surface area (Å²) in [5.41, 5.74) is 0.978. The second-order valence-electron chi connectivity index (χ2n) is 4.32. The Morgan fingerprint density at radius 3 is 2.59 bits per heavy atom. The molecule has 0 spiro atoms. The van der Waals surface area contributed by atoms with E-state index in [1.54, 1.807) is 0 Å². The number of phenolic OH excluding ortho intramolecular Hbond substituents is 2. The van der Waals surface area contributed by atoms with Crippen LogP contribution in [-0.2, 0) is 6.42 Å². The molecule has 0 bridgehead atoms. The maximum Gasteiger partial charge on any atom is 0.143 e. The molecule has 0 fully saturated rings. The fourth-order valence-electron chi connectivity index (χ4n) is 1.95. The average molecular weight is 234 g/mol. The zero-order valence-corrected chi connectivity index (χ0v) is 10.0. The van der Waals surface area contributed by atoms with Crippen LogP contribution in [0.4, 0.5) is 0 Å². The highest BCUT2D eigenvalue weighted by atomic mass is 16.3. The van der Waals surface area contributed by atoms with Crippen LogP contribution in [0.5, 0.6) is 11.5 Å². The third-order valence-corrected chi connectivity index (χ3v) is 2.92. The van der Waals surface area contributed by atoms with Crippen molar-refractivity contribution in [2.45, 2.75) is 39.0 Å². The van der Waals surface area contributed by atoms with Gasteiger partial charge < -0.3 is 15.2 Å². The molecule has 0 unspecified atom stereocenters. The number of nitrogens with zero attached hydrogens (tertiary/aromatic N) is 1. The number of fused-ring (bicyclic) bond motifs is 1. The van der Waals surface area contributed by atoms with Gasteiger partial charge in [0.1, 0.15) is 28.4 Å². The monoisotopic (exact) mass is 234 g/mol. The third kappa shape index (κ3) is 2.52. The number of unbranched alkanes of at least 4 members (excludes halogenated alkanes) is 3. The van der Waals surface area contributed by atoms with Gasteiger partial charge in [-0.1, -0.05) is 26.2 Å². The summed E-state index contributed by atoms with van der Waals surface area (Å²) in [5, 5.41) is 19.3. The van der Waals surface area contributed by atoms with Gasteiger partial charge in [-0.05, 0) is 18.6 Å². The number of hydrogen-bond acceptors (Lipinski definition) is 3. The number of phenols is 2. The Hall–Kier alpha value is -1.71. The predicted octanol–water partition coefficient (Wildman–Crippen LogP) is 3.10. The quantitative estimate of drug-likeness (QED) is 0.550. The molecule has 0 aliphatic rings. The largest absolute Gasteiger partial charge is 0.506 e. The van der Waals surface area contributed by atoms with Crippen molar-refractivity contribution in [3.05, 3.63) is 18.0 Å². The smallest absolute Gasteiger partial charge is 0.143 e. The Morgan fingerprint density at radius 2 is 1.88 bits per heavy atom. The normalized spacial score (nSPS) is 11.1. The molecule has 4 nitrogen and oxygen atoms in total. The summed E-state index contributed by atoms with van der Waals surface area (Å²) >= 11 is 0. The van der Waals surface area contributed by atoms with Gasteiger partial charge >= 0.3 is 0 Å². The number of H-pyrrole nitrogens is 1. The van der Waals surface area contributed by atoms with Crippen molar-refractivity contribution in [3.63, 3.8) is 0 Å². The van der Waals surface area contributed by atoms with E-state index >= 15 is 0 Å². The molecule has 2 aromatic rings. The number of hydrogen-bond donors (Lipinski definition) is 3. The molecule has 1 aromatic heterocycles. The van der Waals surface area contributed by atoms with Gasteiger partial charge in [-0.3, -0.25) is 0 Å². The van der Waals surface area contributed by atoms with Crippen molar-refractivity contribution in [1.82, 2.24) is 9.97 Å². The number of benzene rings is 1. The summed E-state index contributed by atoms with van der Waals surface area (Å²) in [7, 11) is 0. The first-order valence-corrected chi connectivity index (χ1v) is 6.12. The fourth-order valence-corrected chi connectivity index (χ4v) is 1.95. The zero-order chi connectivity index (χ0) is 12.3. The van der Waals surface area contributed by atoms with Crippen molar-refractivity contribution >= 4 is 11.0 Å². The summed E-state index contributed by atoms with van der Waals surface area (Å²) in [6.07, 6.45) is 5.56. The first-order chi connectivity index (χ1) is 8.22. The van der Waals surface area contributed by atoms with Crippen molar-refractivity contribution in [2.24, 2.45) is 0 Å². The summed E-state index contributed by atoms with van der Waals surface area (Å²) in [6.45, 7) is 2.18. The maximum atomic E-state index is 9.64. The van der Waals surface area contributed by atoms with E-state index in [4.69, 9.17) is 0 Å². The summed E-state index contributed by atoms with van der Waals surface area (Å²) in [4.78, 5) is 7.37. The molecule has 4 heteroatoms. The molecule has 0 saturated carbocycles. The number of aryl methyl sites for hydroxylation is 1. The van der Waals surface area contributed by atoms with Gasteiger partial charge in [-0.15, -0.1) is 0 Å². The van der Waals surface area contributed by atoms with E-state index < -0.39 is 0 Å². The molecule has 0 aliphatic carbocycles. The Bertz CT molecular complexity index is 466. The molecular weight excluding hydrogens is 216 g/mol. The van der Waals surface area contributed by atoms with E-state index in [0.717, 1.165) is 18.7 Å². The Kier molecular flexibility index (Phi) is 3.52. The minimum Gasteiger partial charge on any atom is -0.506 e. The molecule has 0 aliphatic heterocycles. The van der Waals surface area contributed by atoms with Crippen LogP contribution in [0, 0.1) is 0 Å². The fraction of sp³-hybridized carbons (Fsp3) is 0.462. The van der Waals surface area contributed by atoms with E-state index in [2.05, 4.69) is 16.9 Å².